The number of hydrogen-bond donors (Lipinski definition) is 1. The second kappa shape index (κ2) is 6.16. The Morgan fingerprint density at radius 1 is 1.35 bits per heavy atom. The summed E-state index contributed by atoms with van der Waals surface area (Å²) in [5, 5.41) is 1.80. The molecule has 3 rings (SSSR count). The maximum Gasteiger partial charge on any atom is 0.186 e. The molecule has 0 saturated carbocycles. The van der Waals surface area contributed by atoms with Crippen LogP contribution in [0.5, 0.6) is 0 Å². The molecular formula is C15H19N3S2. The Kier molecular flexibility index (Phi) is 4.29. The average molecular weight is 305 g/mol. The molecule has 0 spiro atoms. The van der Waals surface area contributed by atoms with E-state index in [-0.39, 0.29) is 0 Å². The highest BCUT2D eigenvalue weighted by Gasteiger charge is 2.21. The topological polar surface area (TPSA) is 42.2 Å². The Hall–Kier alpha value is -1.04. The van der Waals surface area contributed by atoms with Crippen LogP contribution < -0.4 is 10.6 Å². The van der Waals surface area contributed by atoms with Gasteiger partial charge >= 0.3 is 0 Å². The van der Waals surface area contributed by atoms with E-state index in [4.69, 9.17) is 10.7 Å². The number of benzene rings is 1. The van der Waals surface area contributed by atoms with Crippen molar-refractivity contribution in [2.75, 3.05) is 23.7 Å². The van der Waals surface area contributed by atoms with Gasteiger partial charge in [0.1, 0.15) is 0 Å². The highest BCUT2D eigenvalue weighted by Crippen LogP contribution is 2.34. The predicted octanol–water partition coefficient (Wildman–Crippen LogP) is 3.21. The van der Waals surface area contributed by atoms with Crippen LogP contribution in [-0.4, -0.2) is 29.1 Å². The number of hydrogen-bond acceptors (Lipinski definition) is 5. The summed E-state index contributed by atoms with van der Waals surface area (Å²) in [4.78, 5) is 8.44. The highest BCUT2D eigenvalue weighted by atomic mass is 32.2. The van der Waals surface area contributed by atoms with Gasteiger partial charge in [-0.2, -0.15) is 11.8 Å². The molecule has 20 heavy (non-hydrogen) atoms. The van der Waals surface area contributed by atoms with Gasteiger partial charge in [0.15, 0.2) is 5.13 Å². The predicted molar refractivity (Wildman–Crippen MR) is 89.6 cm³/mol. The van der Waals surface area contributed by atoms with Gasteiger partial charge in [-0.1, -0.05) is 48.6 Å². The Morgan fingerprint density at radius 3 is 2.85 bits per heavy atom. The van der Waals surface area contributed by atoms with E-state index < -0.39 is 0 Å². The van der Waals surface area contributed by atoms with Crippen molar-refractivity contribution in [1.82, 2.24) is 4.98 Å². The van der Waals surface area contributed by atoms with Crippen molar-refractivity contribution in [3.05, 3.63) is 35.2 Å². The molecule has 1 unspecified atom stereocenters. The van der Waals surface area contributed by atoms with Gasteiger partial charge in [-0.25, -0.2) is 4.98 Å². The van der Waals surface area contributed by atoms with E-state index in [1.165, 1.54) is 10.6 Å². The Labute approximate surface area is 128 Å². The van der Waals surface area contributed by atoms with Crippen LogP contribution in [0.4, 0.5) is 5.13 Å². The van der Waals surface area contributed by atoms with Crippen LogP contribution in [0.15, 0.2) is 30.3 Å². The molecule has 1 aromatic heterocycles. The summed E-state index contributed by atoms with van der Waals surface area (Å²) >= 11 is 3.78. The zero-order valence-corrected chi connectivity index (χ0v) is 13.2. The lowest BCUT2D eigenvalue weighted by molar-refractivity contribution is 0.779. The van der Waals surface area contributed by atoms with Gasteiger partial charge < -0.3 is 10.6 Å². The molecule has 1 atom stereocenters. The quantitative estimate of drug-likeness (QED) is 0.945. The minimum atomic E-state index is 0.556. The molecule has 1 fully saturated rings. The number of nitrogens with two attached hydrogens (primary N) is 1. The first-order chi connectivity index (χ1) is 9.78. The number of thiazole rings is 1. The zero-order valence-electron chi connectivity index (χ0n) is 11.6. The lowest BCUT2D eigenvalue weighted by Gasteiger charge is -2.30. The van der Waals surface area contributed by atoms with E-state index in [2.05, 4.69) is 24.0 Å². The van der Waals surface area contributed by atoms with Gasteiger partial charge in [-0.15, -0.1) is 0 Å². The molecule has 0 aliphatic carbocycles. The second-order valence-corrected chi connectivity index (χ2v) is 7.57. The standard InChI is InChI=1S/C15H19N3S2/c1-11-10-18(7-8-19-11)15-17-14(13(9-16)20-15)12-5-3-2-4-6-12/h2-6,11H,7-10,16H2,1H3. The molecule has 1 aliphatic rings. The zero-order chi connectivity index (χ0) is 13.9. The normalized spacial score (nSPS) is 19.3. The fraction of sp³-hybridized carbons (Fsp3) is 0.400. The number of nitrogens with zero attached hydrogens (tertiary/aromatic N) is 2. The molecule has 2 heterocycles. The highest BCUT2D eigenvalue weighted by molar-refractivity contribution is 8.00. The van der Waals surface area contributed by atoms with Crippen LogP contribution in [-0.2, 0) is 6.54 Å². The SMILES string of the molecule is CC1CN(c2nc(-c3ccccc3)c(CN)s2)CCS1. The lowest BCUT2D eigenvalue weighted by atomic mass is 10.1. The van der Waals surface area contributed by atoms with Crippen LogP contribution >= 0.6 is 23.1 Å². The van der Waals surface area contributed by atoms with Crippen molar-refractivity contribution in [1.29, 1.82) is 0 Å². The molecule has 0 bridgehead atoms. The summed E-state index contributed by atoms with van der Waals surface area (Å²) in [7, 11) is 0. The van der Waals surface area contributed by atoms with Crippen molar-refractivity contribution < 1.29 is 0 Å². The molecule has 106 valence electrons. The fourth-order valence-electron chi connectivity index (χ4n) is 2.43. The first-order valence-corrected chi connectivity index (χ1v) is 8.76. The smallest absolute Gasteiger partial charge is 0.186 e. The van der Waals surface area contributed by atoms with E-state index >= 15 is 0 Å². The van der Waals surface area contributed by atoms with Crippen molar-refractivity contribution in [2.24, 2.45) is 5.73 Å². The molecule has 3 nitrogen and oxygen atoms in total. The number of thioether (sulfide) groups is 1. The van der Waals surface area contributed by atoms with Gasteiger partial charge in [-0.05, 0) is 0 Å². The Bertz CT molecular complexity index is 568. The summed E-state index contributed by atoms with van der Waals surface area (Å²) < 4.78 is 0. The summed E-state index contributed by atoms with van der Waals surface area (Å²) in [5.74, 6) is 1.18. The maximum atomic E-state index is 5.91. The van der Waals surface area contributed by atoms with E-state index in [0.29, 0.717) is 11.8 Å². The molecule has 1 saturated heterocycles. The first kappa shape index (κ1) is 13.9. The van der Waals surface area contributed by atoms with Crippen LogP contribution in [0.1, 0.15) is 11.8 Å². The van der Waals surface area contributed by atoms with Gasteiger partial charge in [0, 0.05) is 41.1 Å². The molecule has 2 N–H and O–H groups in total. The Balaban J connectivity index is 1.92. The largest absolute Gasteiger partial charge is 0.346 e. The molecule has 1 aliphatic heterocycles. The van der Waals surface area contributed by atoms with E-state index in [1.54, 1.807) is 11.3 Å². The summed E-state index contributed by atoms with van der Waals surface area (Å²) in [6.45, 7) is 5.00. The van der Waals surface area contributed by atoms with Crippen molar-refractivity contribution in [3.63, 3.8) is 0 Å². The molecule has 5 heteroatoms. The van der Waals surface area contributed by atoms with E-state index in [9.17, 15) is 0 Å². The van der Waals surface area contributed by atoms with E-state index in [0.717, 1.165) is 29.5 Å². The third-order valence-electron chi connectivity index (χ3n) is 3.43. The monoisotopic (exact) mass is 305 g/mol. The van der Waals surface area contributed by atoms with Gasteiger partial charge in [0.2, 0.25) is 0 Å². The van der Waals surface area contributed by atoms with E-state index in [1.807, 2.05) is 30.0 Å². The molecule has 1 aromatic carbocycles. The number of rotatable bonds is 3. The van der Waals surface area contributed by atoms with Crippen LogP contribution in [0.2, 0.25) is 0 Å². The first-order valence-electron chi connectivity index (χ1n) is 6.89. The minimum Gasteiger partial charge on any atom is -0.346 e. The second-order valence-electron chi connectivity index (χ2n) is 4.97. The van der Waals surface area contributed by atoms with Gasteiger partial charge in [-0.3, -0.25) is 0 Å². The fourth-order valence-corrected chi connectivity index (χ4v) is 4.44. The molecule has 2 aromatic rings. The maximum absolute atomic E-state index is 5.91. The third kappa shape index (κ3) is 2.85. The van der Waals surface area contributed by atoms with Crippen molar-refractivity contribution >= 4 is 28.2 Å². The van der Waals surface area contributed by atoms with Crippen molar-refractivity contribution in [3.8, 4) is 11.3 Å². The van der Waals surface area contributed by atoms with Crippen LogP contribution in [0, 0.1) is 0 Å². The number of anilines is 1. The molecular weight excluding hydrogens is 286 g/mol. The summed E-state index contributed by atoms with van der Waals surface area (Å²) in [5.41, 5.74) is 8.12. The Morgan fingerprint density at radius 2 is 2.15 bits per heavy atom. The van der Waals surface area contributed by atoms with Gasteiger partial charge in [0.05, 0.1) is 5.69 Å². The summed E-state index contributed by atoms with van der Waals surface area (Å²) in [6.07, 6.45) is 0. The lowest BCUT2D eigenvalue weighted by Crippen LogP contribution is -2.36. The van der Waals surface area contributed by atoms with Gasteiger partial charge in [0.25, 0.3) is 0 Å². The van der Waals surface area contributed by atoms with Crippen LogP contribution in [0.3, 0.4) is 0 Å². The average Bonchev–Trinajstić information content (AvgIpc) is 2.92. The van der Waals surface area contributed by atoms with Crippen LogP contribution in [0.25, 0.3) is 11.3 Å². The van der Waals surface area contributed by atoms with Crippen molar-refractivity contribution in [2.45, 2.75) is 18.7 Å². The molecule has 0 radical (unpaired) electrons. The molecule has 0 amide bonds. The minimum absolute atomic E-state index is 0.556. The number of aromatic nitrogens is 1. The third-order valence-corrected chi connectivity index (χ3v) is 5.71. The summed E-state index contributed by atoms with van der Waals surface area (Å²) in [6, 6.07) is 10.3.